The summed E-state index contributed by atoms with van der Waals surface area (Å²) in [5.74, 6) is 2.96. The molecule has 1 aromatic heterocycles. The van der Waals surface area contributed by atoms with Gasteiger partial charge in [-0.2, -0.15) is 0 Å². The second kappa shape index (κ2) is 7.78. The monoisotopic (exact) mass is 368 g/mol. The van der Waals surface area contributed by atoms with Crippen LogP contribution in [0.1, 0.15) is 36.8 Å². The van der Waals surface area contributed by atoms with Crippen LogP contribution < -0.4 is 10.6 Å². The molecule has 140 valence electrons. The maximum Gasteiger partial charge on any atom is 0.191 e. The Labute approximate surface area is 149 Å². The molecule has 0 spiro atoms. The minimum atomic E-state index is -2.90. The van der Waals surface area contributed by atoms with Gasteiger partial charge >= 0.3 is 0 Å². The average Bonchev–Trinajstić information content (AvgIpc) is 3.29. The van der Waals surface area contributed by atoms with Crippen molar-refractivity contribution in [1.82, 2.24) is 15.5 Å². The van der Waals surface area contributed by atoms with Crippen molar-refractivity contribution in [2.45, 2.75) is 38.3 Å². The first-order chi connectivity index (χ1) is 12.0. The van der Waals surface area contributed by atoms with Crippen LogP contribution in [-0.2, 0) is 9.84 Å². The van der Waals surface area contributed by atoms with Gasteiger partial charge in [0.05, 0.1) is 17.5 Å². The molecule has 7 nitrogen and oxygen atoms in total. The largest absolute Gasteiger partial charge is 0.465 e. The third-order valence-corrected chi connectivity index (χ3v) is 6.70. The minimum absolute atomic E-state index is 0.0627. The highest BCUT2D eigenvalue weighted by Crippen LogP contribution is 2.26. The quantitative estimate of drug-likeness (QED) is 0.597. The third kappa shape index (κ3) is 4.76. The highest BCUT2D eigenvalue weighted by atomic mass is 32.2. The van der Waals surface area contributed by atoms with E-state index in [4.69, 9.17) is 4.42 Å². The van der Waals surface area contributed by atoms with Crippen LogP contribution in [0.5, 0.6) is 0 Å². The summed E-state index contributed by atoms with van der Waals surface area (Å²) in [6.45, 7) is 4.77. The summed E-state index contributed by atoms with van der Waals surface area (Å²) in [6.07, 6.45) is 3.06. The van der Waals surface area contributed by atoms with Crippen molar-refractivity contribution in [2.75, 3.05) is 38.2 Å². The second-order valence-electron chi connectivity index (χ2n) is 6.90. The maximum atomic E-state index is 11.6. The van der Waals surface area contributed by atoms with Crippen molar-refractivity contribution >= 4 is 15.8 Å². The lowest BCUT2D eigenvalue weighted by Crippen LogP contribution is -2.46. The number of aliphatic imine (C=N–C) groups is 1. The molecule has 2 saturated heterocycles. The number of nitrogens with one attached hydrogen (secondary N) is 2. The smallest absolute Gasteiger partial charge is 0.191 e. The predicted molar refractivity (Wildman–Crippen MR) is 98.5 cm³/mol. The van der Waals surface area contributed by atoms with Crippen LogP contribution in [-0.4, -0.2) is 63.5 Å². The third-order valence-electron chi connectivity index (χ3n) is 4.93. The molecule has 2 aliphatic heterocycles. The molecule has 0 radical (unpaired) electrons. The van der Waals surface area contributed by atoms with Crippen molar-refractivity contribution in [3.8, 4) is 0 Å². The number of sulfone groups is 1. The molecule has 0 bridgehead atoms. The van der Waals surface area contributed by atoms with Gasteiger partial charge in [0.25, 0.3) is 0 Å². The van der Waals surface area contributed by atoms with Gasteiger partial charge in [-0.25, -0.2) is 8.42 Å². The topological polar surface area (TPSA) is 86.9 Å². The highest BCUT2D eigenvalue weighted by molar-refractivity contribution is 7.91. The lowest BCUT2D eigenvalue weighted by atomic mass is 10.2. The number of hydrogen-bond donors (Lipinski definition) is 2. The van der Waals surface area contributed by atoms with Crippen LogP contribution in [0.25, 0.3) is 0 Å². The molecule has 3 heterocycles. The lowest BCUT2D eigenvalue weighted by molar-refractivity contribution is 0.213. The minimum Gasteiger partial charge on any atom is -0.465 e. The number of furan rings is 1. The van der Waals surface area contributed by atoms with Crippen LogP contribution in [0.15, 0.2) is 21.5 Å². The van der Waals surface area contributed by atoms with Gasteiger partial charge in [0.15, 0.2) is 15.8 Å². The zero-order chi connectivity index (χ0) is 17.9. The van der Waals surface area contributed by atoms with Crippen LogP contribution in [0.2, 0.25) is 0 Å². The molecule has 2 aliphatic rings. The van der Waals surface area contributed by atoms with E-state index in [9.17, 15) is 8.42 Å². The predicted octanol–water partition coefficient (Wildman–Crippen LogP) is 1.08. The number of nitrogens with zero attached hydrogens (tertiary/aromatic N) is 2. The normalized spacial score (nSPS) is 25.2. The Balaban J connectivity index is 1.61. The SMILES string of the molecule is CN=C(NCC(c1ccc(C)o1)N1CCCC1)NC1CCS(=O)(=O)C1. The fourth-order valence-electron chi connectivity index (χ4n) is 3.59. The number of aryl methyl sites for hydroxylation is 1. The van der Waals surface area contributed by atoms with Crippen molar-refractivity contribution in [3.05, 3.63) is 23.7 Å². The molecule has 25 heavy (non-hydrogen) atoms. The Morgan fingerprint density at radius 3 is 2.72 bits per heavy atom. The number of hydrogen-bond acceptors (Lipinski definition) is 5. The first-order valence-corrected chi connectivity index (χ1v) is 10.8. The van der Waals surface area contributed by atoms with Gasteiger partial charge < -0.3 is 15.1 Å². The van der Waals surface area contributed by atoms with Gasteiger partial charge in [-0.3, -0.25) is 9.89 Å². The Morgan fingerprint density at radius 1 is 1.40 bits per heavy atom. The number of rotatable bonds is 5. The molecular formula is C17H28N4O3S. The van der Waals surface area contributed by atoms with Crippen LogP contribution in [0.3, 0.4) is 0 Å². The Kier molecular flexibility index (Phi) is 5.68. The van der Waals surface area contributed by atoms with E-state index in [0.717, 1.165) is 24.6 Å². The van der Waals surface area contributed by atoms with Gasteiger partial charge in [0, 0.05) is 19.6 Å². The molecule has 0 aliphatic carbocycles. The van der Waals surface area contributed by atoms with Crippen molar-refractivity contribution in [1.29, 1.82) is 0 Å². The van der Waals surface area contributed by atoms with Crippen LogP contribution in [0, 0.1) is 6.92 Å². The van der Waals surface area contributed by atoms with E-state index in [1.54, 1.807) is 7.05 Å². The molecule has 2 unspecified atom stereocenters. The molecule has 3 rings (SSSR count). The van der Waals surface area contributed by atoms with Crippen molar-refractivity contribution in [2.24, 2.45) is 4.99 Å². The van der Waals surface area contributed by atoms with Gasteiger partial charge in [-0.15, -0.1) is 0 Å². The van der Waals surface area contributed by atoms with E-state index < -0.39 is 9.84 Å². The summed E-state index contributed by atoms with van der Waals surface area (Å²) in [5, 5.41) is 6.59. The van der Waals surface area contributed by atoms with Gasteiger partial charge in [0.1, 0.15) is 11.5 Å². The first-order valence-electron chi connectivity index (χ1n) is 8.95. The molecule has 0 aromatic carbocycles. The number of likely N-dealkylation sites (tertiary alicyclic amines) is 1. The Morgan fingerprint density at radius 2 is 2.16 bits per heavy atom. The van der Waals surface area contributed by atoms with Crippen molar-refractivity contribution < 1.29 is 12.8 Å². The van der Waals surface area contributed by atoms with E-state index in [-0.39, 0.29) is 23.6 Å². The van der Waals surface area contributed by atoms with E-state index in [2.05, 4.69) is 20.5 Å². The molecule has 2 fully saturated rings. The zero-order valence-electron chi connectivity index (χ0n) is 15.0. The van der Waals surface area contributed by atoms with Gasteiger partial charge in [-0.05, 0) is 51.4 Å². The van der Waals surface area contributed by atoms with E-state index in [0.29, 0.717) is 18.9 Å². The Hall–Kier alpha value is -1.54. The summed E-state index contributed by atoms with van der Waals surface area (Å²) in [6, 6.07) is 4.13. The molecule has 0 amide bonds. The first kappa shape index (κ1) is 18.3. The van der Waals surface area contributed by atoms with E-state index in [1.165, 1.54) is 12.8 Å². The zero-order valence-corrected chi connectivity index (χ0v) is 15.8. The Bertz CT molecular complexity index is 707. The molecule has 0 saturated carbocycles. The maximum absolute atomic E-state index is 11.6. The van der Waals surface area contributed by atoms with E-state index in [1.807, 2.05) is 19.1 Å². The molecule has 2 atom stereocenters. The van der Waals surface area contributed by atoms with E-state index >= 15 is 0 Å². The van der Waals surface area contributed by atoms with Crippen molar-refractivity contribution in [3.63, 3.8) is 0 Å². The van der Waals surface area contributed by atoms with Gasteiger partial charge in [-0.1, -0.05) is 0 Å². The highest BCUT2D eigenvalue weighted by Gasteiger charge is 2.29. The summed E-state index contributed by atoms with van der Waals surface area (Å²) in [4.78, 5) is 6.68. The summed E-state index contributed by atoms with van der Waals surface area (Å²) < 4.78 is 29.1. The summed E-state index contributed by atoms with van der Waals surface area (Å²) in [7, 11) is -1.19. The standard InChI is InChI=1S/C17H28N4O3S/c1-13-5-6-16(24-13)15(21-8-3-4-9-21)11-19-17(18-2)20-14-7-10-25(22,23)12-14/h5-6,14-15H,3-4,7-12H2,1-2H3,(H2,18,19,20). The van der Waals surface area contributed by atoms with Crippen LogP contribution in [0.4, 0.5) is 0 Å². The second-order valence-corrected chi connectivity index (χ2v) is 9.13. The molecule has 2 N–H and O–H groups in total. The molecular weight excluding hydrogens is 340 g/mol. The van der Waals surface area contributed by atoms with Gasteiger partial charge in [0.2, 0.25) is 0 Å². The number of guanidine groups is 1. The van der Waals surface area contributed by atoms with Crippen LogP contribution >= 0.6 is 0 Å². The fourth-order valence-corrected chi connectivity index (χ4v) is 5.26. The molecule has 8 heteroatoms. The molecule has 1 aromatic rings. The summed E-state index contributed by atoms with van der Waals surface area (Å²) in [5.41, 5.74) is 0. The fraction of sp³-hybridized carbons (Fsp3) is 0.706. The average molecular weight is 369 g/mol. The summed E-state index contributed by atoms with van der Waals surface area (Å²) >= 11 is 0. The lowest BCUT2D eigenvalue weighted by Gasteiger charge is -2.27.